The van der Waals surface area contributed by atoms with Gasteiger partial charge in [-0.2, -0.15) is 0 Å². The van der Waals surface area contributed by atoms with Gasteiger partial charge in [-0.15, -0.1) is 0 Å². The van der Waals surface area contributed by atoms with Gasteiger partial charge in [0.05, 0.1) is 0 Å². The summed E-state index contributed by atoms with van der Waals surface area (Å²) in [5, 5.41) is 20.9. The summed E-state index contributed by atoms with van der Waals surface area (Å²) in [4.78, 5) is 20.9. The Morgan fingerprint density at radius 2 is 1.21 bits per heavy atom. The van der Waals surface area contributed by atoms with Crippen molar-refractivity contribution < 1.29 is 25.3 Å². The van der Waals surface area contributed by atoms with E-state index < -0.39 is 23.8 Å². The van der Waals surface area contributed by atoms with Crippen LogP contribution in [0.2, 0.25) is 0 Å². The summed E-state index contributed by atoms with van der Waals surface area (Å²) >= 11 is 0. The quantitative estimate of drug-likeness (QED) is 0.471. The molecule has 0 bridgehead atoms. The Bertz CT molecular complexity index is 184. The first-order valence-electron chi connectivity index (χ1n) is 4.04. The number of aliphatic carboxylic acids is 2. The number of carboxylic acid groups (broad SMARTS) is 2. The molecule has 1 fully saturated rings. The van der Waals surface area contributed by atoms with Crippen molar-refractivity contribution in [1.82, 2.24) is 0 Å². The van der Waals surface area contributed by atoms with Crippen LogP contribution in [-0.2, 0) is 9.59 Å². The van der Waals surface area contributed by atoms with Crippen molar-refractivity contribution in [3.8, 4) is 0 Å². The maximum Gasteiger partial charge on any atom is 2.00 e. The first-order valence-corrected chi connectivity index (χ1v) is 4.04. The normalized spacial score (nSPS) is 25.4. The molecule has 0 radical (unpaired) electrons. The molecule has 0 amide bonds. The van der Waals surface area contributed by atoms with Crippen molar-refractivity contribution in [3.05, 3.63) is 0 Å². The molecule has 0 aromatic rings. The molecular weight excluding hydrogens is 216 g/mol. The maximum absolute atomic E-state index is 10.5. The van der Waals surface area contributed by atoms with Crippen molar-refractivity contribution in [1.29, 1.82) is 0 Å². The van der Waals surface area contributed by atoms with Gasteiger partial charge < -0.3 is 25.3 Å². The smallest absolute Gasteiger partial charge is 0.550 e. The molecule has 0 spiro atoms. The van der Waals surface area contributed by atoms with E-state index in [-0.39, 0.29) is 43.2 Å². The first kappa shape index (κ1) is 16.6. The molecular formula is C8H12CaO5. The van der Waals surface area contributed by atoms with Gasteiger partial charge >= 0.3 is 37.7 Å². The number of rotatable bonds is 2. The van der Waals surface area contributed by atoms with Crippen LogP contribution in [-0.4, -0.2) is 55.2 Å². The zero-order valence-corrected chi connectivity index (χ0v) is 10.0. The molecule has 14 heavy (non-hydrogen) atoms. The van der Waals surface area contributed by atoms with Crippen LogP contribution in [0.15, 0.2) is 0 Å². The van der Waals surface area contributed by atoms with Gasteiger partial charge in [-0.25, -0.2) is 0 Å². The van der Waals surface area contributed by atoms with Gasteiger partial charge in [-0.3, -0.25) is 0 Å². The molecule has 2 atom stereocenters. The van der Waals surface area contributed by atoms with Crippen LogP contribution in [0.3, 0.4) is 0 Å². The van der Waals surface area contributed by atoms with E-state index in [1.165, 1.54) is 0 Å². The number of carboxylic acids is 2. The van der Waals surface area contributed by atoms with Crippen LogP contribution in [0, 0.1) is 11.8 Å². The molecule has 76 valence electrons. The van der Waals surface area contributed by atoms with Crippen LogP contribution in [0.4, 0.5) is 0 Å². The summed E-state index contributed by atoms with van der Waals surface area (Å²) < 4.78 is 0. The van der Waals surface area contributed by atoms with Gasteiger partial charge in [0.2, 0.25) is 0 Å². The Morgan fingerprint density at radius 1 is 0.929 bits per heavy atom. The topological polar surface area (TPSA) is 112 Å². The SMILES string of the molecule is O.O=C([O-])[C@H]1CCCC[C@H]1C(=O)[O-].[Ca+2]. The third kappa shape index (κ3) is 4.13. The van der Waals surface area contributed by atoms with E-state index in [0.717, 1.165) is 12.8 Å². The van der Waals surface area contributed by atoms with Gasteiger partial charge in [-0.05, 0) is 12.8 Å². The predicted octanol–water partition coefficient (Wildman–Crippen LogP) is -2.91. The molecule has 1 saturated carbocycles. The van der Waals surface area contributed by atoms with Gasteiger partial charge in [0.15, 0.2) is 0 Å². The molecule has 5 nitrogen and oxygen atoms in total. The monoisotopic (exact) mass is 228 g/mol. The Balaban J connectivity index is 0. The summed E-state index contributed by atoms with van der Waals surface area (Å²) in [5.74, 6) is -4.21. The zero-order valence-electron chi connectivity index (χ0n) is 7.82. The average molecular weight is 228 g/mol. The minimum Gasteiger partial charge on any atom is -0.550 e. The molecule has 1 aliphatic rings. The van der Waals surface area contributed by atoms with Gasteiger partial charge in [0, 0.05) is 23.8 Å². The van der Waals surface area contributed by atoms with E-state index in [1.807, 2.05) is 0 Å². The van der Waals surface area contributed by atoms with Gasteiger partial charge in [0.25, 0.3) is 0 Å². The molecule has 6 heteroatoms. The zero-order chi connectivity index (χ0) is 9.14. The van der Waals surface area contributed by atoms with Crippen molar-refractivity contribution >= 4 is 49.7 Å². The van der Waals surface area contributed by atoms with Crippen molar-refractivity contribution in [2.75, 3.05) is 0 Å². The maximum atomic E-state index is 10.5. The Labute approximate surface area is 112 Å². The average Bonchev–Trinajstić information content (AvgIpc) is 2.04. The summed E-state index contributed by atoms with van der Waals surface area (Å²) in [5.41, 5.74) is 0. The number of carbonyl (C=O) groups excluding carboxylic acids is 2. The van der Waals surface area contributed by atoms with E-state index in [2.05, 4.69) is 0 Å². The van der Waals surface area contributed by atoms with Crippen molar-refractivity contribution in [3.63, 3.8) is 0 Å². The summed E-state index contributed by atoms with van der Waals surface area (Å²) in [6, 6.07) is 0. The van der Waals surface area contributed by atoms with Crippen LogP contribution < -0.4 is 10.2 Å². The molecule has 2 N–H and O–H groups in total. The third-order valence-electron chi connectivity index (χ3n) is 2.37. The Morgan fingerprint density at radius 3 is 1.43 bits per heavy atom. The van der Waals surface area contributed by atoms with Crippen LogP contribution in [0.25, 0.3) is 0 Å². The Hall–Kier alpha value is 0.160. The number of hydrogen-bond donors (Lipinski definition) is 0. The Kier molecular flexibility index (Phi) is 8.83. The van der Waals surface area contributed by atoms with E-state index in [9.17, 15) is 19.8 Å². The molecule has 0 saturated heterocycles. The fourth-order valence-corrected chi connectivity index (χ4v) is 1.70. The second-order valence-corrected chi connectivity index (χ2v) is 3.14. The molecule has 0 aromatic heterocycles. The van der Waals surface area contributed by atoms with Crippen LogP contribution >= 0.6 is 0 Å². The van der Waals surface area contributed by atoms with E-state index in [0.29, 0.717) is 12.8 Å². The fourth-order valence-electron chi connectivity index (χ4n) is 1.70. The van der Waals surface area contributed by atoms with E-state index >= 15 is 0 Å². The molecule has 1 aliphatic carbocycles. The molecule has 0 unspecified atom stereocenters. The fraction of sp³-hybridized carbons (Fsp3) is 0.750. The van der Waals surface area contributed by atoms with E-state index in [1.54, 1.807) is 0 Å². The minimum atomic E-state index is -1.26. The summed E-state index contributed by atoms with van der Waals surface area (Å²) in [7, 11) is 0. The predicted molar refractivity (Wildman–Crippen MR) is 44.8 cm³/mol. The van der Waals surface area contributed by atoms with Crippen molar-refractivity contribution in [2.45, 2.75) is 25.7 Å². The number of hydrogen-bond acceptors (Lipinski definition) is 4. The van der Waals surface area contributed by atoms with Crippen molar-refractivity contribution in [2.24, 2.45) is 11.8 Å². The number of carbonyl (C=O) groups is 2. The molecule has 0 aromatic carbocycles. The summed E-state index contributed by atoms with van der Waals surface area (Å²) in [6.45, 7) is 0. The second kappa shape index (κ2) is 7.45. The standard InChI is InChI=1S/C8H12O4.Ca.H2O/c9-7(10)5-3-1-2-4-6(5)8(11)12;;/h5-6H,1-4H2,(H,9,10)(H,11,12);;1H2/q;+2;/p-2/t5-,6+;;. The summed E-state index contributed by atoms with van der Waals surface area (Å²) in [6.07, 6.45) is 2.34. The van der Waals surface area contributed by atoms with Gasteiger partial charge in [-0.1, -0.05) is 12.8 Å². The van der Waals surface area contributed by atoms with Crippen LogP contribution in [0.1, 0.15) is 25.7 Å². The molecule has 0 aliphatic heterocycles. The van der Waals surface area contributed by atoms with Crippen LogP contribution in [0.5, 0.6) is 0 Å². The molecule has 1 rings (SSSR count). The molecule has 0 heterocycles. The van der Waals surface area contributed by atoms with Gasteiger partial charge in [0.1, 0.15) is 0 Å². The second-order valence-electron chi connectivity index (χ2n) is 3.14. The first-order chi connectivity index (χ1) is 5.63. The largest absolute Gasteiger partial charge is 2.00 e. The third-order valence-corrected chi connectivity index (χ3v) is 2.37. The van der Waals surface area contributed by atoms with E-state index in [4.69, 9.17) is 0 Å². The minimum absolute atomic E-state index is 0.